The van der Waals surface area contributed by atoms with E-state index in [0.717, 1.165) is 23.5 Å². The second-order valence-corrected chi connectivity index (χ2v) is 6.47. The lowest BCUT2D eigenvalue weighted by atomic mass is 10.1. The molecule has 2 aromatic rings. The molecule has 2 N–H and O–H groups in total. The summed E-state index contributed by atoms with van der Waals surface area (Å²) in [7, 11) is 1.74. The molecule has 3 rings (SSSR count). The van der Waals surface area contributed by atoms with E-state index < -0.39 is 0 Å². The van der Waals surface area contributed by atoms with Crippen molar-refractivity contribution in [1.29, 1.82) is 0 Å². The second-order valence-electron chi connectivity index (χ2n) is 6.47. The SMILES string of the molecule is CCOc1cc2c(cc1CNC(=NC)NCCc1nc(C)no1)OC(C)C2.I. The lowest BCUT2D eigenvalue weighted by Gasteiger charge is -2.15. The molecule has 1 unspecified atom stereocenters. The summed E-state index contributed by atoms with van der Waals surface area (Å²) in [6.45, 7) is 7.72. The van der Waals surface area contributed by atoms with Gasteiger partial charge in [-0.05, 0) is 32.9 Å². The monoisotopic (exact) mass is 501 g/mol. The molecule has 0 aliphatic carbocycles. The highest BCUT2D eigenvalue weighted by atomic mass is 127. The number of fused-ring (bicyclic) bond motifs is 1. The molecule has 1 aromatic heterocycles. The third-order valence-corrected chi connectivity index (χ3v) is 4.25. The minimum Gasteiger partial charge on any atom is -0.494 e. The van der Waals surface area contributed by atoms with Crippen LogP contribution in [0.1, 0.15) is 36.7 Å². The molecule has 1 aliphatic rings. The Kier molecular flexibility index (Phi) is 8.34. The Hall–Kier alpha value is -2.04. The minimum absolute atomic E-state index is 0. The Morgan fingerprint density at radius 2 is 2.18 bits per heavy atom. The van der Waals surface area contributed by atoms with Crippen LogP contribution in [-0.2, 0) is 19.4 Å². The van der Waals surface area contributed by atoms with E-state index in [1.807, 2.05) is 6.92 Å². The molecule has 1 atom stereocenters. The van der Waals surface area contributed by atoms with E-state index in [9.17, 15) is 0 Å². The number of halogens is 1. The summed E-state index contributed by atoms with van der Waals surface area (Å²) in [5.41, 5.74) is 2.24. The Morgan fingerprint density at radius 1 is 1.36 bits per heavy atom. The van der Waals surface area contributed by atoms with Gasteiger partial charge in [0.05, 0.1) is 6.61 Å². The predicted octanol–water partition coefficient (Wildman–Crippen LogP) is 2.63. The number of aryl methyl sites for hydroxylation is 1. The number of aromatic nitrogens is 2. The highest BCUT2D eigenvalue weighted by Crippen LogP contribution is 2.35. The molecule has 1 aliphatic heterocycles. The predicted molar refractivity (Wildman–Crippen MR) is 118 cm³/mol. The quantitative estimate of drug-likeness (QED) is 0.342. The van der Waals surface area contributed by atoms with Crippen LogP contribution >= 0.6 is 24.0 Å². The topological polar surface area (TPSA) is 93.8 Å². The molecule has 2 heterocycles. The molecule has 8 nitrogen and oxygen atoms in total. The number of nitrogens with one attached hydrogen (secondary N) is 2. The maximum absolute atomic E-state index is 5.88. The number of benzene rings is 1. The maximum atomic E-state index is 5.88. The molecule has 0 saturated carbocycles. The molecule has 0 bridgehead atoms. The van der Waals surface area contributed by atoms with Crippen LogP contribution in [0, 0.1) is 6.92 Å². The fourth-order valence-corrected chi connectivity index (χ4v) is 3.04. The first-order valence-corrected chi connectivity index (χ1v) is 9.28. The fourth-order valence-electron chi connectivity index (χ4n) is 3.04. The molecule has 0 radical (unpaired) electrons. The normalized spacial score (nSPS) is 15.4. The summed E-state index contributed by atoms with van der Waals surface area (Å²) in [6, 6.07) is 4.15. The van der Waals surface area contributed by atoms with Gasteiger partial charge in [0.15, 0.2) is 11.8 Å². The lowest BCUT2D eigenvalue weighted by Crippen LogP contribution is -2.38. The van der Waals surface area contributed by atoms with Crippen LogP contribution in [0.25, 0.3) is 0 Å². The summed E-state index contributed by atoms with van der Waals surface area (Å²) in [6.07, 6.45) is 1.76. The van der Waals surface area contributed by atoms with Gasteiger partial charge < -0.3 is 24.6 Å². The molecule has 0 fully saturated rings. The average Bonchev–Trinajstić information content (AvgIpc) is 3.22. The van der Waals surface area contributed by atoms with E-state index in [1.165, 1.54) is 5.56 Å². The van der Waals surface area contributed by atoms with Gasteiger partial charge in [-0.25, -0.2) is 0 Å². The first-order chi connectivity index (χ1) is 13.1. The molecule has 0 amide bonds. The fraction of sp³-hybridized carbons (Fsp3) is 0.526. The van der Waals surface area contributed by atoms with Gasteiger partial charge in [0.1, 0.15) is 17.6 Å². The van der Waals surface area contributed by atoms with Crippen LogP contribution in [0.4, 0.5) is 0 Å². The number of nitrogens with zero attached hydrogens (tertiary/aromatic N) is 3. The van der Waals surface area contributed by atoms with E-state index in [2.05, 4.69) is 44.8 Å². The van der Waals surface area contributed by atoms with Gasteiger partial charge in [-0.1, -0.05) is 5.16 Å². The number of hydrogen-bond donors (Lipinski definition) is 2. The zero-order valence-corrected chi connectivity index (χ0v) is 19.1. The zero-order chi connectivity index (χ0) is 19.2. The maximum Gasteiger partial charge on any atom is 0.228 e. The highest BCUT2D eigenvalue weighted by molar-refractivity contribution is 14.0. The summed E-state index contributed by atoms with van der Waals surface area (Å²) in [4.78, 5) is 8.45. The van der Waals surface area contributed by atoms with E-state index >= 15 is 0 Å². The standard InChI is InChI=1S/C19H27N5O3.HI/c1-5-25-16-9-14-8-12(2)26-17(14)10-15(16)11-22-19(20-4)21-7-6-18-23-13(3)24-27-18;/h9-10,12H,5-8,11H2,1-4H3,(H2,20,21,22);1H. The number of rotatable bonds is 7. The summed E-state index contributed by atoms with van der Waals surface area (Å²) in [5.74, 6) is 3.78. The van der Waals surface area contributed by atoms with E-state index in [4.69, 9.17) is 14.0 Å². The van der Waals surface area contributed by atoms with Gasteiger partial charge in [-0.2, -0.15) is 4.98 Å². The summed E-state index contributed by atoms with van der Waals surface area (Å²) in [5, 5.41) is 10.3. The number of ether oxygens (including phenoxy) is 2. The van der Waals surface area contributed by atoms with Crippen molar-refractivity contribution in [2.75, 3.05) is 20.2 Å². The van der Waals surface area contributed by atoms with Gasteiger partial charge in [-0.3, -0.25) is 4.99 Å². The largest absolute Gasteiger partial charge is 0.494 e. The Labute approximate surface area is 182 Å². The van der Waals surface area contributed by atoms with Gasteiger partial charge in [0.2, 0.25) is 5.89 Å². The number of guanidine groups is 1. The van der Waals surface area contributed by atoms with Crippen molar-refractivity contribution in [2.24, 2.45) is 4.99 Å². The average molecular weight is 501 g/mol. The van der Waals surface area contributed by atoms with Gasteiger partial charge in [-0.15, -0.1) is 24.0 Å². The Morgan fingerprint density at radius 3 is 2.86 bits per heavy atom. The molecule has 1 aromatic carbocycles. The van der Waals surface area contributed by atoms with Crippen molar-refractivity contribution in [2.45, 2.75) is 46.3 Å². The van der Waals surface area contributed by atoms with Crippen molar-refractivity contribution < 1.29 is 14.0 Å². The highest BCUT2D eigenvalue weighted by Gasteiger charge is 2.21. The van der Waals surface area contributed by atoms with Crippen LogP contribution in [-0.4, -0.2) is 42.4 Å². The van der Waals surface area contributed by atoms with Crippen LogP contribution in [0.2, 0.25) is 0 Å². The molecule has 9 heteroatoms. The molecular formula is C19H28IN5O3. The van der Waals surface area contributed by atoms with Crippen LogP contribution in [0.15, 0.2) is 21.6 Å². The van der Waals surface area contributed by atoms with Crippen LogP contribution in [0.5, 0.6) is 11.5 Å². The summed E-state index contributed by atoms with van der Waals surface area (Å²) < 4.78 is 16.8. The van der Waals surface area contributed by atoms with E-state index in [-0.39, 0.29) is 30.1 Å². The molecule has 0 saturated heterocycles. The van der Waals surface area contributed by atoms with Crippen molar-refractivity contribution in [3.63, 3.8) is 0 Å². The van der Waals surface area contributed by atoms with Crippen LogP contribution < -0.4 is 20.1 Å². The first kappa shape index (κ1) is 22.3. The number of hydrogen-bond acceptors (Lipinski definition) is 6. The number of aliphatic imine (C=N–C) groups is 1. The van der Waals surface area contributed by atoms with Crippen molar-refractivity contribution in [3.05, 3.63) is 35.0 Å². The van der Waals surface area contributed by atoms with Crippen molar-refractivity contribution in [3.8, 4) is 11.5 Å². The van der Waals surface area contributed by atoms with Gasteiger partial charge in [0.25, 0.3) is 0 Å². The lowest BCUT2D eigenvalue weighted by molar-refractivity contribution is 0.254. The van der Waals surface area contributed by atoms with Crippen molar-refractivity contribution >= 4 is 29.9 Å². The molecule has 154 valence electrons. The van der Waals surface area contributed by atoms with E-state index in [1.54, 1.807) is 14.0 Å². The molecule has 28 heavy (non-hydrogen) atoms. The minimum atomic E-state index is 0. The van der Waals surface area contributed by atoms with Crippen molar-refractivity contribution in [1.82, 2.24) is 20.8 Å². The van der Waals surface area contributed by atoms with Gasteiger partial charge >= 0.3 is 0 Å². The molecule has 0 spiro atoms. The summed E-state index contributed by atoms with van der Waals surface area (Å²) >= 11 is 0. The third-order valence-electron chi connectivity index (χ3n) is 4.25. The zero-order valence-electron chi connectivity index (χ0n) is 16.7. The Balaban J connectivity index is 0.00000280. The Bertz CT molecular complexity index is 809. The van der Waals surface area contributed by atoms with E-state index in [0.29, 0.717) is 43.8 Å². The third kappa shape index (κ3) is 5.73. The van der Waals surface area contributed by atoms with Gasteiger partial charge in [0, 0.05) is 44.1 Å². The van der Waals surface area contributed by atoms with Crippen LogP contribution in [0.3, 0.4) is 0 Å². The smallest absolute Gasteiger partial charge is 0.228 e. The second kappa shape index (κ2) is 10.5. The molecular weight excluding hydrogens is 473 g/mol. The first-order valence-electron chi connectivity index (χ1n) is 9.28.